The first kappa shape index (κ1) is 12.6. The zero-order valence-corrected chi connectivity index (χ0v) is 11.3. The first-order chi connectivity index (χ1) is 7.67. The molecule has 1 aliphatic carbocycles. The molecule has 2 N–H and O–H groups in total. The minimum absolute atomic E-state index is 0.108. The molecule has 0 bridgehead atoms. The molecular formula is C13H19NO2S. The predicted molar refractivity (Wildman–Crippen MR) is 68.7 cm³/mol. The summed E-state index contributed by atoms with van der Waals surface area (Å²) in [5.74, 6) is 0. The standard InChI is InChI=1S/C13H19NO2S/c1-12(2,13(14)8-9-13)10-4-6-11(7-5-10)17(3,15)16/h4-7H,8-9,14H2,1-3H3. The molecule has 0 atom stereocenters. The molecule has 0 saturated heterocycles. The number of hydrogen-bond donors (Lipinski definition) is 1. The Labute approximate surface area is 103 Å². The maximum atomic E-state index is 11.4. The summed E-state index contributed by atoms with van der Waals surface area (Å²) >= 11 is 0. The lowest BCUT2D eigenvalue weighted by Crippen LogP contribution is -2.43. The molecule has 1 saturated carbocycles. The summed E-state index contributed by atoms with van der Waals surface area (Å²) in [6.07, 6.45) is 3.29. The SMILES string of the molecule is CC(C)(c1ccc(S(C)(=O)=O)cc1)C1(N)CC1. The predicted octanol–water partition coefficient (Wildman–Crippen LogP) is 1.86. The highest BCUT2D eigenvalue weighted by atomic mass is 32.2. The van der Waals surface area contributed by atoms with Gasteiger partial charge in [0.1, 0.15) is 0 Å². The van der Waals surface area contributed by atoms with Gasteiger partial charge in [-0.3, -0.25) is 0 Å². The van der Waals surface area contributed by atoms with Gasteiger partial charge in [-0.2, -0.15) is 0 Å². The molecule has 0 amide bonds. The van der Waals surface area contributed by atoms with Gasteiger partial charge in [0.15, 0.2) is 9.84 Å². The van der Waals surface area contributed by atoms with Crippen molar-refractivity contribution in [3.8, 4) is 0 Å². The number of sulfone groups is 1. The molecule has 0 spiro atoms. The molecule has 1 aromatic carbocycles. The Morgan fingerprint density at radius 3 is 2.00 bits per heavy atom. The van der Waals surface area contributed by atoms with Crippen LogP contribution >= 0.6 is 0 Å². The Morgan fingerprint density at radius 1 is 1.18 bits per heavy atom. The van der Waals surface area contributed by atoms with Crippen LogP contribution in [0.15, 0.2) is 29.2 Å². The molecule has 4 heteroatoms. The van der Waals surface area contributed by atoms with Crippen molar-refractivity contribution in [3.63, 3.8) is 0 Å². The van der Waals surface area contributed by atoms with Crippen molar-refractivity contribution < 1.29 is 8.42 Å². The van der Waals surface area contributed by atoms with E-state index in [4.69, 9.17) is 5.73 Å². The summed E-state index contributed by atoms with van der Waals surface area (Å²) in [5, 5.41) is 0. The smallest absolute Gasteiger partial charge is 0.175 e. The lowest BCUT2D eigenvalue weighted by Gasteiger charge is -2.32. The van der Waals surface area contributed by atoms with Gasteiger partial charge in [0, 0.05) is 17.2 Å². The highest BCUT2D eigenvalue weighted by Crippen LogP contribution is 2.49. The summed E-state index contributed by atoms with van der Waals surface area (Å²) in [4.78, 5) is 0.360. The van der Waals surface area contributed by atoms with Crippen LogP contribution in [-0.2, 0) is 15.3 Å². The highest BCUT2D eigenvalue weighted by Gasteiger charge is 2.51. The average molecular weight is 253 g/mol. The van der Waals surface area contributed by atoms with E-state index >= 15 is 0 Å². The largest absolute Gasteiger partial charge is 0.324 e. The van der Waals surface area contributed by atoms with Crippen molar-refractivity contribution >= 4 is 9.84 Å². The normalized spacial score (nSPS) is 19.1. The Kier molecular flexibility index (Phi) is 2.64. The Morgan fingerprint density at radius 2 is 1.65 bits per heavy atom. The molecule has 0 heterocycles. The van der Waals surface area contributed by atoms with Crippen LogP contribution in [0.1, 0.15) is 32.3 Å². The maximum absolute atomic E-state index is 11.4. The quantitative estimate of drug-likeness (QED) is 0.894. The van der Waals surface area contributed by atoms with Gasteiger partial charge in [-0.05, 0) is 30.5 Å². The first-order valence-electron chi connectivity index (χ1n) is 5.76. The van der Waals surface area contributed by atoms with Gasteiger partial charge >= 0.3 is 0 Å². The molecule has 2 rings (SSSR count). The van der Waals surface area contributed by atoms with Crippen LogP contribution in [-0.4, -0.2) is 20.2 Å². The van der Waals surface area contributed by atoms with Crippen molar-refractivity contribution in [1.29, 1.82) is 0 Å². The van der Waals surface area contributed by atoms with E-state index in [0.29, 0.717) is 4.90 Å². The minimum atomic E-state index is -3.12. The Balaban J connectivity index is 2.36. The molecule has 1 aliphatic rings. The fourth-order valence-electron chi connectivity index (χ4n) is 2.17. The molecule has 0 radical (unpaired) electrons. The third-order valence-electron chi connectivity index (χ3n) is 4.04. The van der Waals surface area contributed by atoms with Gasteiger partial charge in [0.25, 0.3) is 0 Å². The summed E-state index contributed by atoms with van der Waals surface area (Å²) in [5.41, 5.74) is 7.13. The second-order valence-electron chi connectivity index (χ2n) is 5.58. The van der Waals surface area contributed by atoms with Crippen LogP contribution in [0.3, 0.4) is 0 Å². The summed E-state index contributed by atoms with van der Waals surface area (Å²) in [6.45, 7) is 4.24. The van der Waals surface area contributed by atoms with Crippen LogP contribution in [0.4, 0.5) is 0 Å². The van der Waals surface area contributed by atoms with Crippen molar-refractivity contribution in [3.05, 3.63) is 29.8 Å². The Hall–Kier alpha value is -0.870. The van der Waals surface area contributed by atoms with Crippen molar-refractivity contribution in [2.45, 2.75) is 42.5 Å². The molecule has 17 heavy (non-hydrogen) atoms. The average Bonchev–Trinajstić information content (AvgIpc) is 2.97. The fourth-order valence-corrected chi connectivity index (χ4v) is 2.80. The zero-order chi connectivity index (χ0) is 12.9. The lowest BCUT2D eigenvalue weighted by molar-refractivity contribution is 0.391. The molecule has 1 fully saturated rings. The molecule has 0 unspecified atom stereocenters. The molecule has 1 aromatic rings. The molecule has 0 aromatic heterocycles. The zero-order valence-electron chi connectivity index (χ0n) is 10.5. The van der Waals surface area contributed by atoms with Crippen LogP contribution in [0.25, 0.3) is 0 Å². The third-order valence-corrected chi connectivity index (χ3v) is 5.17. The lowest BCUT2D eigenvalue weighted by atomic mass is 9.76. The number of nitrogens with two attached hydrogens (primary N) is 1. The van der Waals surface area contributed by atoms with Gasteiger partial charge in [-0.1, -0.05) is 26.0 Å². The highest BCUT2D eigenvalue weighted by molar-refractivity contribution is 7.90. The van der Waals surface area contributed by atoms with E-state index in [1.165, 1.54) is 6.26 Å². The number of rotatable bonds is 3. The molecule has 94 valence electrons. The van der Waals surface area contributed by atoms with Gasteiger partial charge in [0.2, 0.25) is 0 Å². The number of hydrogen-bond acceptors (Lipinski definition) is 3. The van der Waals surface area contributed by atoms with E-state index in [1.807, 2.05) is 12.1 Å². The molecule has 3 nitrogen and oxygen atoms in total. The molecular weight excluding hydrogens is 234 g/mol. The number of benzene rings is 1. The van der Waals surface area contributed by atoms with Gasteiger partial charge in [-0.25, -0.2) is 8.42 Å². The van der Waals surface area contributed by atoms with Crippen molar-refractivity contribution in [2.24, 2.45) is 5.73 Å². The third kappa shape index (κ3) is 2.11. The van der Waals surface area contributed by atoms with E-state index in [2.05, 4.69) is 13.8 Å². The summed E-state index contributed by atoms with van der Waals surface area (Å²) in [6, 6.07) is 7.09. The van der Waals surface area contributed by atoms with Gasteiger partial charge < -0.3 is 5.73 Å². The van der Waals surface area contributed by atoms with Crippen LogP contribution in [0, 0.1) is 0 Å². The fraction of sp³-hybridized carbons (Fsp3) is 0.538. The van der Waals surface area contributed by atoms with E-state index in [0.717, 1.165) is 18.4 Å². The first-order valence-corrected chi connectivity index (χ1v) is 7.65. The molecule has 0 aliphatic heterocycles. The van der Waals surface area contributed by atoms with Crippen LogP contribution in [0.2, 0.25) is 0 Å². The Bertz CT molecular complexity index is 525. The van der Waals surface area contributed by atoms with Crippen molar-refractivity contribution in [2.75, 3.05) is 6.26 Å². The van der Waals surface area contributed by atoms with Crippen LogP contribution in [0.5, 0.6) is 0 Å². The topological polar surface area (TPSA) is 60.2 Å². The minimum Gasteiger partial charge on any atom is -0.324 e. The van der Waals surface area contributed by atoms with Gasteiger partial charge in [0.05, 0.1) is 4.90 Å². The van der Waals surface area contributed by atoms with Crippen molar-refractivity contribution in [1.82, 2.24) is 0 Å². The summed E-state index contributed by atoms with van der Waals surface area (Å²) < 4.78 is 22.8. The van der Waals surface area contributed by atoms with E-state index < -0.39 is 9.84 Å². The van der Waals surface area contributed by atoms with E-state index in [9.17, 15) is 8.42 Å². The summed E-state index contributed by atoms with van der Waals surface area (Å²) in [7, 11) is -3.12. The maximum Gasteiger partial charge on any atom is 0.175 e. The van der Waals surface area contributed by atoms with Crippen LogP contribution < -0.4 is 5.73 Å². The van der Waals surface area contributed by atoms with Gasteiger partial charge in [-0.15, -0.1) is 0 Å². The second kappa shape index (κ2) is 3.56. The van der Waals surface area contributed by atoms with E-state index in [-0.39, 0.29) is 11.0 Å². The monoisotopic (exact) mass is 253 g/mol. The second-order valence-corrected chi connectivity index (χ2v) is 7.59. The van der Waals surface area contributed by atoms with E-state index in [1.54, 1.807) is 12.1 Å².